The number of carbonyl (C=O) groups is 2. The van der Waals surface area contributed by atoms with Crippen LogP contribution in [0.25, 0.3) is 0 Å². The molecule has 0 heterocycles. The molecule has 94 valence electrons. The highest BCUT2D eigenvalue weighted by Crippen LogP contribution is 1.73. The zero-order valence-electron chi connectivity index (χ0n) is 9.67. The van der Waals surface area contributed by atoms with Gasteiger partial charge in [-0.2, -0.15) is 0 Å². The highest BCUT2D eigenvalue weighted by Gasteiger charge is 1.98. The maximum Gasteiger partial charge on any atom is 0.316 e. The summed E-state index contributed by atoms with van der Waals surface area (Å²) in [6.07, 6.45) is 0. The van der Waals surface area contributed by atoms with E-state index in [9.17, 15) is 9.59 Å². The van der Waals surface area contributed by atoms with Gasteiger partial charge in [-0.05, 0) is 0 Å². The monoisotopic (exact) mass is 233 g/mol. The van der Waals surface area contributed by atoms with Crippen molar-refractivity contribution in [2.24, 2.45) is 0 Å². The van der Waals surface area contributed by atoms with E-state index in [1.54, 1.807) is 7.11 Å². The molecule has 0 bridgehead atoms. The third-order valence-electron chi connectivity index (χ3n) is 1.55. The second kappa shape index (κ2) is 10.2. The molecule has 0 aromatic rings. The van der Waals surface area contributed by atoms with Crippen molar-refractivity contribution in [3.63, 3.8) is 0 Å². The third-order valence-corrected chi connectivity index (χ3v) is 1.55. The fourth-order valence-corrected chi connectivity index (χ4v) is 0.808. The van der Waals surface area contributed by atoms with Crippen molar-refractivity contribution in [1.29, 1.82) is 0 Å². The molecule has 16 heavy (non-hydrogen) atoms. The minimum atomic E-state index is -0.331. The van der Waals surface area contributed by atoms with Gasteiger partial charge in [-0.1, -0.05) is 0 Å². The van der Waals surface area contributed by atoms with Gasteiger partial charge in [0.15, 0.2) is 0 Å². The van der Waals surface area contributed by atoms with E-state index in [-0.39, 0.29) is 18.7 Å². The Balaban J connectivity index is 3.21. The van der Waals surface area contributed by atoms with Gasteiger partial charge in [0.05, 0.1) is 13.2 Å². The van der Waals surface area contributed by atoms with Crippen LogP contribution in [0.1, 0.15) is 6.92 Å². The first kappa shape index (κ1) is 14.7. The number of rotatable bonds is 8. The molecule has 0 saturated carbocycles. The first-order valence-corrected chi connectivity index (χ1v) is 4.99. The topological polar surface area (TPSA) is 88.7 Å². The molecule has 7 heteroatoms. The average Bonchev–Trinajstić information content (AvgIpc) is 2.24. The van der Waals surface area contributed by atoms with Gasteiger partial charge in [0.1, 0.15) is 6.73 Å². The van der Waals surface area contributed by atoms with E-state index in [1.165, 1.54) is 6.92 Å². The first-order chi connectivity index (χ1) is 7.66. The zero-order chi connectivity index (χ0) is 12.2. The standard InChI is InChI=1S/C9H19N3O4/c1-8(13)10-3-4-11-9(14)12-7-16-6-5-15-2/h3-7H2,1-2H3,(H,10,13)(H2,11,12,14). The van der Waals surface area contributed by atoms with E-state index in [1.807, 2.05) is 0 Å². The third kappa shape index (κ3) is 10.7. The highest BCUT2D eigenvalue weighted by atomic mass is 16.5. The van der Waals surface area contributed by atoms with Crippen molar-refractivity contribution in [2.75, 3.05) is 40.1 Å². The second-order valence-electron chi connectivity index (χ2n) is 2.96. The van der Waals surface area contributed by atoms with Gasteiger partial charge in [0, 0.05) is 27.1 Å². The summed E-state index contributed by atoms with van der Waals surface area (Å²) in [5.41, 5.74) is 0. The lowest BCUT2D eigenvalue weighted by Gasteiger charge is -2.08. The van der Waals surface area contributed by atoms with Gasteiger partial charge in [-0.15, -0.1) is 0 Å². The number of amides is 3. The van der Waals surface area contributed by atoms with Crippen molar-refractivity contribution in [1.82, 2.24) is 16.0 Å². The Kier molecular flexibility index (Phi) is 9.33. The predicted molar refractivity (Wildman–Crippen MR) is 57.9 cm³/mol. The Hall–Kier alpha value is -1.34. The van der Waals surface area contributed by atoms with Gasteiger partial charge in [0.2, 0.25) is 5.91 Å². The van der Waals surface area contributed by atoms with Gasteiger partial charge in [0.25, 0.3) is 0 Å². The summed E-state index contributed by atoms with van der Waals surface area (Å²) in [5.74, 6) is -0.120. The van der Waals surface area contributed by atoms with Crippen LogP contribution in [-0.4, -0.2) is 52.1 Å². The SMILES string of the molecule is COCCOCNC(=O)NCCNC(C)=O. The fourth-order valence-electron chi connectivity index (χ4n) is 0.808. The molecule has 0 aliphatic rings. The molecule has 0 unspecified atom stereocenters. The molecule has 3 amide bonds. The number of hydrogen-bond donors (Lipinski definition) is 3. The highest BCUT2D eigenvalue weighted by molar-refractivity contribution is 5.74. The smallest absolute Gasteiger partial charge is 0.316 e. The van der Waals surface area contributed by atoms with E-state index < -0.39 is 0 Å². The van der Waals surface area contributed by atoms with Crippen molar-refractivity contribution in [3.05, 3.63) is 0 Å². The number of ether oxygens (including phenoxy) is 2. The number of nitrogens with one attached hydrogen (secondary N) is 3. The van der Waals surface area contributed by atoms with Gasteiger partial charge in [-0.3, -0.25) is 4.79 Å². The van der Waals surface area contributed by atoms with Crippen molar-refractivity contribution >= 4 is 11.9 Å². The van der Waals surface area contributed by atoms with Crippen LogP contribution in [0.5, 0.6) is 0 Å². The molecule has 0 aliphatic heterocycles. The molecular weight excluding hydrogens is 214 g/mol. The van der Waals surface area contributed by atoms with Crippen LogP contribution in [0.4, 0.5) is 4.79 Å². The lowest BCUT2D eigenvalue weighted by atomic mass is 10.6. The number of carbonyl (C=O) groups excluding carboxylic acids is 2. The molecule has 0 rings (SSSR count). The molecule has 0 aromatic carbocycles. The van der Waals surface area contributed by atoms with Crippen LogP contribution in [0.3, 0.4) is 0 Å². The first-order valence-electron chi connectivity index (χ1n) is 4.99. The Morgan fingerprint density at radius 3 is 2.38 bits per heavy atom. The van der Waals surface area contributed by atoms with Crippen molar-refractivity contribution in [2.45, 2.75) is 6.92 Å². The van der Waals surface area contributed by atoms with E-state index in [0.29, 0.717) is 26.3 Å². The average molecular weight is 233 g/mol. The fraction of sp³-hybridized carbons (Fsp3) is 0.778. The van der Waals surface area contributed by atoms with Gasteiger partial charge < -0.3 is 25.4 Å². The predicted octanol–water partition coefficient (Wildman–Crippen LogP) is -0.958. The number of urea groups is 1. The summed E-state index contributed by atoms with van der Waals surface area (Å²) in [5, 5.41) is 7.60. The van der Waals surface area contributed by atoms with Gasteiger partial charge in [-0.25, -0.2) is 4.79 Å². The van der Waals surface area contributed by atoms with Crippen molar-refractivity contribution < 1.29 is 19.1 Å². The maximum atomic E-state index is 11.1. The van der Waals surface area contributed by atoms with E-state index >= 15 is 0 Å². The molecule has 0 spiro atoms. The summed E-state index contributed by atoms with van der Waals surface area (Å²) in [6.45, 7) is 3.27. The van der Waals surface area contributed by atoms with Gasteiger partial charge >= 0.3 is 6.03 Å². The molecule has 0 saturated heterocycles. The minimum Gasteiger partial charge on any atom is -0.382 e. The lowest BCUT2D eigenvalue weighted by molar-refractivity contribution is -0.118. The Morgan fingerprint density at radius 2 is 1.75 bits per heavy atom. The van der Waals surface area contributed by atoms with Crippen LogP contribution in [-0.2, 0) is 14.3 Å². The Labute approximate surface area is 94.9 Å². The molecule has 0 atom stereocenters. The molecule has 0 radical (unpaired) electrons. The summed E-state index contributed by atoms with van der Waals surface area (Å²) in [4.78, 5) is 21.6. The molecule has 7 nitrogen and oxygen atoms in total. The normalized spacial score (nSPS) is 9.62. The molecular formula is C9H19N3O4. The Bertz CT molecular complexity index is 211. The van der Waals surface area contributed by atoms with Crippen LogP contribution < -0.4 is 16.0 Å². The lowest BCUT2D eigenvalue weighted by Crippen LogP contribution is -2.40. The molecule has 0 aromatic heterocycles. The summed E-state index contributed by atoms with van der Waals surface area (Å²) < 4.78 is 9.78. The van der Waals surface area contributed by atoms with Crippen LogP contribution in [0.15, 0.2) is 0 Å². The van der Waals surface area contributed by atoms with Crippen LogP contribution in [0.2, 0.25) is 0 Å². The quantitative estimate of drug-likeness (QED) is 0.372. The number of hydrogen-bond acceptors (Lipinski definition) is 4. The Morgan fingerprint density at radius 1 is 1.06 bits per heavy atom. The van der Waals surface area contributed by atoms with E-state index in [2.05, 4.69) is 16.0 Å². The minimum absolute atomic E-state index is 0.120. The summed E-state index contributed by atoms with van der Waals surface area (Å²) >= 11 is 0. The van der Waals surface area contributed by atoms with Crippen molar-refractivity contribution in [3.8, 4) is 0 Å². The molecule has 0 fully saturated rings. The summed E-state index contributed by atoms with van der Waals surface area (Å²) in [6, 6.07) is -0.331. The zero-order valence-corrected chi connectivity index (χ0v) is 9.67. The van der Waals surface area contributed by atoms with E-state index in [0.717, 1.165) is 0 Å². The second-order valence-corrected chi connectivity index (χ2v) is 2.96. The van der Waals surface area contributed by atoms with Crippen LogP contribution in [0, 0.1) is 0 Å². The van der Waals surface area contributed by atoms with Crippen LogP contribution >= 0.6 is 0 Å². The molecule has 3 N–H and O–H groups in total. The van der Waals surface area contributed by atoms with E-state index in [4.69, 9.17) is 9.47 Å². The summed E-state index contributed by atoms with van der Waals surface area (Å²) in [7, 11) is 1.57. The molecule has 0 aliphatic carbocycles. The number of methoxy groups -OCH3 is 1. The maximum absolute atomic E-state index is 11.1. The largest absolute Gasteiger partial charge is 0.382 e.